The van der Waals surface area contributed by atoms with Crippen LogP contribution >= 0.6 is 11.6 Å². The molecule has 0 unspecified atom stereocenters. The van der Waals surface area contributed by atoms with Crippen LogP contribution < -0.4 is 0 Å². The first-order valence-electron chi connectivity index (χ1n) is 4.96. The first-order chi connectivity index (χ1) is 8.15. The van der Waals surface area contributed by atoms with Crippen LogP contribution in [0.15, 0.2) is 30.3 Å². The van der Waals surface area contributed by atoms with Gasteiger partial charge in [-0.1, -0.05) is 29.8 Å². The van der Waals surface area contributed by atoms with E-state index in [1.807, 2.05) is 30.3 Å². The van der Waals surface area contributed by atoms with Gasteiger partial charge in [-0.3, -0.25) is 4.79 Å². The van der Waals surface area contributed by atoms with Gasteiger partial charge in [-0.15, -0.1) is 6.42 Å². The van der Waals surface area contributed by atoms with E-state index in [1.165, 1.54) is 4.68 Å². The van der Waals surface area contributed by atoms with Crippen molar-refractivity contribution in [1.29, 1.82) is 0 Å². The summed E-state index contributed by atoms with van der Waals surface area (Å²) >= 11 is 6.12. The van der Waals surface area contributed by atoms with E-state index in [4.69, 9.17) is 18.0 Å². The third kappa shape index (κ3) is 1.95. The Labute approximate surface area is 104 Å². The molecule has 0 atom stereocenters. The molecule has 17 heavy (non-hydrogen) atoms. The monoisotopic (exact) mass is 244 g/mol. The Morgan fingerprint density at radius 3 is 2.65 bits per heavy atom. The quantitative estimate of drug-likeness (QED) is 0.462. The zero-order valence-corrected chi connectivity index (χ0v) is 9.90. The van der Waals surface area contributed by atoms with Crippen LogP contribution in [0.1, 0.15) is 16.1 Å². The van der Waals surface area contributed by atoms with Gasteiger partial charge in [-0.25, -0.2) is 4.68 Å². The van der Waals surface area contributed by atoms with Crippen molar-refractivity contribution in [3.05, 3.63) is 46.7 Å². The lowest BCUT2D eigenvalue weighted by molar-refractivity contribution is 0.105. The first-order valence-corrected chi connectivity index (χ1v) is 5.34. The van der Waals surface area contributed by atoms with Crippen molar-refractivity contribution in [2.24, 2.45) is 0 Å². The van der Waals surface area contributed by atoms with Crippen molar-refractivity contribution >= 4 is 17.4 Å². The maximum Gasteiger partial charge on any atom is 0.240 e. The maximum atomic E-state index is 11.5. The molecule has 1 aromatic heterocycles. The van der Waals surface area contributed by atoms with Crippen molar-refractivity contribution in [3.8, 4) is 18.0 Å². The lowest BCUT2D eigenvalue weighted by Gasteiger charge is -2.01. The van der Waals surface area contributed by atoms with Gasteiger partial charge in [-0.2, -0.15) is 5.10 Å². The first kappa shape index (κ1) is 11.4. The molecule has 0 bridgehead atoms. The number of hydrogen-bond donors (Lipinski definition) is 0. The number of ketones is 1. The highest BCUT2D eigenvalue weighted by molar-refractivity contribution is 6.34. The fourth-order valence-electron chi connectivity index (χ4n) is 1.57. The number of halogens is 1. The van der Waals surface area contributed by atoms with Crippen molar-refractivity contribution < 1.29 is 4.79 Å². The van der Waals surface area contributed by atoms with Crippen molar-refractivity contribution in [2.45, 2.75) is 6.92 Å². The van der Waals surface area contributed by atoms with Crippen LogP contribution in [0.4, 0.5) is 0 Å². The summed E-state index contributed by atoms with van der Waals surface area (Å²) in [5.41, 5.74) is 1.61. The molecule has 0 aliphatic rings. The minimum Gasteiger partial charge on any atom is -0.279 e. The van der Waals surface area contributed by atoms with Gasteiger partial charge >= 0.3 is 0 Å². The van der Waals surface area contributed by atoms with Gasteiger partial charge < -0.3 is 0 Å². The molecule has 1 heterocycles. The average Bonchev–Trinajstić information content (AvgIpc) is 2.65. The van der Waals surface area contributed by atoms with Gasteiger partial charge in [0.2, 0.25) is 5.78 Å². The van der Waals surface area contributed by atoms with Crippen LogP contribution in [0, 0.1) is 19.3 Å². The molecule has 3 nitrogen and oxygen atoms in total. The molecule has 0 saturated carbocycles. The van der Waals surface area contributed by atoms with Gasteiger partial charge in [0.1, 0.15) is 5.15 Å². The molecule has 0 N–H and O–H groups in total. The minimum absolute atomic E-state index is 0.247. The van der Waals surface area contributed by atoms with E-state index in [9.17, 15) is 4.79 Å². The Morgan fingerprint density at radius 1 is 1.41 bits per heavy atom. The molecule has 0 aliphatic carbocycles. The summed E-state index contributed by atoms with van der Waals surface area (Å²) < 4.78 is 1.50. The molecule has 0 saturated heterocycles. The number of carbonyl (C=O) groups excluding carboxylic acids is 1. The zero-order valence-electron chi connectivity index (χ0n) is 9.14. The molecule has 0 radical (unpaired) electrons. The zero-order chi connectivity index (χ0) is 12.4. The number of aryl methyl sites for hydroxylation is 1. The van der Waals surface area contributed by atoms with E-state index in [2.05, 4.69) is 11.0 Å². The lowest BCUT2D eigenvalue weighted by Crippen LogP contribution is -1.98. The molecule has 0 amide bonds. The normalized spacial score (nSPS) is 9.94. The van der Waals surface area contributed by atoms with Gasteiger partial charge in [0.05, 0.1) is 16.9 Å². The minimum atomic E-state index is -0.449. The molecule has 84 valence electrons. The number of rotatable bonds is 2. The summed E-state index contributed by atoms with van der Waals surface area (Å²) in [6.07, 6.45) is 5.09. The SMILES string of the molecule is C#CC(=O)c1c(C)nn(-c2ccccc2)c1Cl. The second-order valence-electron chi connectivity index (χ2n) is 3.47. The fraction of sp³-hybridized carbons (Fsp3) is 0.0769. The molecule has 1 aromatic carbocycles. The number of terminal acetylenes is 1. The summed E-state index contributed by atoms with van der Waals surface area (Å²) in [4.78, 5) is 11.5. The topological polar surface area (TPSA) is 34.9 Å². The molecule has 0 fully saturated rings. The van der Waals surface area contributed by atoms with Crippen LogP contribution in [0.25, 0.3) is 5.69 Å². The Hall–Kier alpha value is -2.05. The summed E-state index contributed by atoms with van der Waals surface area (Å²) in [5, 5.41) is 4.46. The number of benzene rings is 1. The summed E-state index contributed by atoms with van der Waals surface area (Å²) in [6, 6.07) is 9.32. The third-order valence-electron chi connectivity index (χ3n) is 2.36. The molecule has 2 aromatic rings. The van der Waals surface area contributed by atoms with E-state index in [-0.39, 0.29) is 10.7 Å². The molecular weight excluding hydrogens is 236 g/mol. The van der Waals surface area contributed by atoms with Gasteiger partial charge in [0.15, 0.2) is 0 Å². The second-order valence-corrected chi connectivity index (χ2v) is 3.83. The predicted octanol–water partition coefficient (Wildman–Crippen LogP) is 2.65. The average molecular weight is 245 g/mol. The van der Waals surface area contributed by atoms with Crippen LogP contribution in [0.3, 0.4) is 0 Å². The van der Waals surface area contributed by atoms with E-state index in [0.717, 1.165) is 5.69 Å². The molecule has 4 heteroatoms. The molecule has 2 rings (SSSR count). The van der Waals surface area contributed by atoms with E-state index in [0.29, 0.717) is 5.69 Å². The number of aromatic nitrogens is 2. The highest BCUT2D eigenvalue weighted by Gasteiger charge is 2.19. The number of nitrogens with zero attached hydrogens (tertiary/aromatic N) is 2. The van der Waals surface area contributed by atoms with E-state index >= 15 is 0 Å². The number of para-hydroxylation sites is 1. The number of Topliss-reactive ketones (excluding diaryl/α,β-unsaturated/α-hetero) is 1. The van der Waals surface area contributed by atoms with Crippen molar-refractivity contribution in [3.63, 3.8) is 0 Å². The second kappa shape index (κ2) is 4.44. The number of carbonyl (C=O) groups is 1. The Kier molecular flexibility index (Phi) is 2.99. The van der Waals surface area contributed by atoms with Crippen molar-refractivity contribution in [1.82, 2.24) is 9.78 Å². The molecule has 0 aliphatic heterocycles. The largest absolute Gasteiger partial charge is 0.279 e. The highest BCUT2D eigenvalue weighted by atomic mass is 35.5. The Balaban J connectivity index is 2.61. The van der Waals surface area contributed by atoms with Crippen LogP contribution in [-0.2, 0) is 0 Å². The Bertz CT molecular complexity index is 608. The maximum absolute atomic E-state index is 11.5. The van der Waals surface area contributed by atoms with Gasteiger partial charge in [0, 0.05) is 0 Å². The van der Waals surface area contributed by atoms with Gasteiger partial charge in [0.25, 0.3) is 0 Å². The van der Waals surface area contributed by atoms with Gasteiger partial charge in [-0.05, 0) is 25.0 Å². The van der Waals surface area contributed by atoms with E-state index < -0.39 is 5.78 Å². The summed E-state index contributed by atoms with van der Waals surface area (Å²) in [5.74, 6) is 1.60. The third-order valence-corrected chi connectivity index (χ3v) is 2.71. The van der Waals surface area contributed by atoms with Crippen LogP contribution in [-0.4, -0.2) is 15.6 Å². The lowest BCUT2D eigenvalue weighted by atomic mass is 10.2. The summed E-state index contributed by atoms with van der Waals surface area (Å²) in [6.45, 7) is 1.70. The van der Waals surface area contributed by atoms with Crippen molar-refractivity contribution in [2.75, 3.05) is 0 Å². The van der Waals surface area contributed by atoms with Crippen LogP contribution in [0.2, 0.25) is 5.15 Å². The highest BCUT2D eigenvalue weighted by Crippen LogP contribution is 2.23. The molecule has 0 spiro atoms. The Morgan fingerprint density at radius 2 is 2.06 bits per heavy atom. The fourth-order valence-corrected chi connectivity index (χ4v) is 1.93. The smallest absolute Gasteiger partial charge is 0.240 e. The molecular formula is C13H9ClN2O. The van der Waals surface area contributed by atoms with E-state index in [1.54, 1.807) is 6.92 Å². The van der Waals surface area contributed by atoms with Crippen LogP contribution in [0.5, 0.6) is 0 Å². The summed E-state index contributed by atoms with van der Waals surface area (Å²) in [7, 11) is 0. The predicted molar refractivity (Wildman–Crippen MR) is 66.5 cm³/mol. The standard InChI is InChI=1S/C13H9ClN2O/c1-3-11(17)12-9(2)15-16(13(12)14)10-7-5-4-6-8-10/h1,4-8H,2H3. The number of hydrogen-bond acceptors (Lipinski definition) is 2.